The zero-order chi connectivity index (χ0) is 10.6. The molecule has 0 saturated heterocycles. The van der Waals surface area contributed by atoms with Crippen LogP contribution < -0.4 is 5.32 Å². The predicted molar refractivity (Wildman–Crippen MR) is 58.1 cm³/mol. The number of hydrogen-bond acceptors (Lipinski definition) is 3. The van der Waals surface area contributed by atoms with Gasteiger partial charge >= 0.3 is 0 Å². The molecule has 1 aromatic heterocycles. The molecule has 1 aromatic rings. The monoisotopic (exact) mass is 201 g/mol. The quantitative estimate of drug-likeness (QED) is 0.735. The van der Waals surface area contributed by atoms with Gasteiger partial charge in [0.2, 0.25) is 0 Å². The second kappa shape index (κ2) is 4.41. The van der Waals surface area contributed by atoms with Gasteiger partial charge < -0.3 is 5.32 Å². The van der Waals surface area contributed by atoms with Crippen LogP contribution in [-0.4, -0.2) is 18.1 Å². The van der Waals surface area contributed by atoms with E-state index >= 15 is 0 Å². The summed E-state index contributed by atoms with van der Waals surface area (Å²) in [5, 5.41) is 12.2. The zero-order valence-corrected chi connectivity index (χ0v) is 8.74. The van der Waals surface area contributed by atoms with Crippen LogP contribution in [0.1, 0.15) is 18.5 Å². The Kier molecular flexibility index (Phi) is 2.98. The summed E-state index contributed by atoms with van der Waals surface area (Å²) < 4.78 is 0. The molecule has 0 bridgehead atoms. The van der Waals surface area contributed by atoms with Crippen molar-refractivity contribution in [2.75, 3.05) is 13.1 Å². The first-order chi connectivity index (χ1) is 7.35. The molecule has 78 valence electrons. The second-order valence-corrected chi connectivity index (χ2v) is 4.14. The summed E-state index contributed by atoms with van der Waals surface area (Å²) >= 11 is 0. The number of rotatable bonds is 5. The molecule has 1 N–H and O–H groups in total. The maximum Gasteiger partial charge on any atom is 0.0703 e. The van der Waals surface area contributed by atoms with E-state index in [0.717, 1.165) is 38.0 Å². The number of nitrogens with zero attached hydrogens (tertiary/aromatic N) is 2. The van der Waals surface area contributed by atoms with Crippen LogP contribution >= 0.6 is 0 Å². The molecular weight excluding hydrogens is 186 g/mol. The summed E-state index contributed by atoms with van der Waals surface area (Å²) in [6, 6.07) is 8.32. The van der Waals surface area contributed by atoms with Crippen molar-refractivity contribution in [3.63, 3.8) is 0 Å². The molecule has 0 aromatic carbocycles. The number of nitrogens with one attached hydrogen (secondary N) is 1. The van der Waals surface area contributed by atoms with Crippen molar-refractivity contribution in [1.29, 1.82) is 5.26 Å². The van der Waals surface area contributed by atoms with Gasteiger partial charge in [0.15, 0.2) is 0 Å². The van der Waals surface area contributed by atoms with E-state index in [1.54, 1.807) is 0 Å². The van der Waals surface area contributed by atoms with Crippen molar-refractivity contribution in [2.24, 2.45) is 5.41 Å². The van der Waals surface area contributed by atoms with E-state index in [0.29, 0.717) is 0 Å². The van der Waals surface area contributed by atoms with Crippen molar-refractivity contribution >= 4 is 0 Å². The highest BCUT2D eigenvalue weighted by molar-refractivity contribution is 5.11. The Hall–Kier alpha value is -1.40. The van der Waals surface area contributed by atoms with Gasteiger partial charge in [-0.2, -0.15) is 5.26 Å². The highest BCUT2D eigenvalue weighted by Gasteiger charge is 2.42. The fourth-order valence-corrected chi connectivity index (χ4v) is 1.57. The molecule has 0 radical (unpaired) electrons. The molecule has 1 aliphatic rings. The molecule has 1 fully saturated rings. The van der Waals surface area contributed by atoms with E-state index < -0.39 is 0 Å². The molecule has 1 aliphatic carbocycles. The molecule has 1 saturated carbocycles. The van der Waals surface area contributed by atoms with Crippen LogP contribution in [0.5, 0.6) is 0 Å². The molecule has 15 heavy (non-hydrogen) atoms. The summed E-state index contributed by atoms with van der Waals surface area (Å²) in [4.78, 5) is 4.24. The first-order valence-corrected chi connectivity index (χ1v) is 5.37. The van der Waals surface area contributed by atoms with Crippen LogP contribution in [0.15, 0.2) is 24.4 Å². The Balaban J connectivity index is 1.66. The standard InChI is InChI=1S/C12H15N3/c13-9-12(5-6-12)10-14-8-4-11-3-1-2-7-15-11/h1-3,7,14H,4-6,8,10H2. The van der Waals surface area contributed by atoms with Gasteiger partial charge in [0.05, 0.1) is 11.5 Å². The van der Waals surface area contributed by atoms with Crippen LogP contribution in [0.3, 0.4) is 0 Å². The Morgan fingerprint density at radius 2 is 2.33 bits per heavy atom. The molecule has 3 heteroatoms. The highest BCUT2D eigenvalue weighted by Crippen LogP contribution is 2.43. The Bertz CT molecular complexity index is 349. The lowest BCUT2D eigenvalue weighted by molar-refractivity contribution is 0.558. The van der Waals surface area contributed by atoms with Crippen molar-refractivity contribution in [2.45, 2.75) is 19.3 Å². The van der Waals surface area contributed by atoms with Crippen molar-refractivity contribution in [1.82, 2.24) is 10.3 Å². The summed E-state index contributed by atoms with van der Waals surface area (Å²) in [7, 11) is 0. The lowest BCUT2D eigenvalue weighted by Crippen LogP contribution is -2.25. The van der Waals surface area contributed by atoms with Gasteiger partial charge in [0.1, 0.15) is 0 Å². The molecule has 0 unspecified atom stereocenters. The Labute approximate surface area is 90.1 Å². The topological polar surface area (TPSA) is 48.7 Å². The maximum atomic E-state index is 8.87. The summed E-state index contributed by atoms with van der Waals surface area (Å²) in [5.41, 5.74) is 1.07. The smallest absolute Gasteiger partial charge is 0.0703 e. The third-order valence-corrected chi connectivity index (χ3v) is 2.84. The molecule has 0 amide bonds. The number of nitriles is 1. The van der Waals surface area contributed by atoms with Gasteiger partial charge in [-0.1, -0.05) is 6.07 Å². The van der Waals surface area contributed by atoms with Crippen LogP contribution in [-0.2, 0) is 6.42 Å². The second-order valence-electron chi connectivity index (χ2n) is 4.14. The minimum atomic E-state index is -0.0376. The van der Waals surface area contributed by atoms with Crippen molar-refractivity contribution < 1.29 is 0 Å². The largest absolute Gasteiger partial charge is 0.315 e. The van der Waals surface area contributed by atoms with Gasteiger partial charge in [-0.05, 0) is 25.0 Å². The first-order valence-electron chi connectivity index (χ1n) is 5.37. The summed E-state index contributed by atoms with van der Waals surface area (Å²) in [6.45, 7) is 1.73. The van der Waals surface area contributed by atoms with Crippen LogP contribution in [0, 0.1) is 16.7 Å². The van der Waals surface area contributed by atoms with E-state index in [-0.39, 0.29) is 5.41 Å². The van der Waals surface area contributed by atoms with Crippen LogP contribution in [0.25, 0.3) is 0 Å². The minimum absolute atomic E-state index is 0.0376. The van der Waals surface area contributed by atoms with Gasteiger partial charge in [-0.3, -0.25) is 4.98 Å². The van der Waals surface area contributed by atoms with Crippen molar-refractivity contribution in [3.05, 3.63) is 30.1 Å². The van der Waals surface area contributed by atoms with E-state index in [2.05, 4.69) is 16.4 Å². The average Bonchev–Trinajstić information content (AvgIpc) is 3.07. The Morgan fingerprint density at radius 1 is 1.47 bits per heavy atom. The van der Waals surface area contributed by atoms with Crippen LogP contribution in [0.4, 0.5) is 0 Å². The van der Waals surface area contributed by atoms with E-state index in [1.807, 2.05) is 24.4 Å². The van der Waals surface area contributed by atoms with Gasteiger partial charge in [0, 0.05) is 31.4 Å². The summed E-state index contributed by atoms with van der Waals surface area (Å²) in [5.74, 6) is 0. The number of hydrogen-bond donors (Lipinski definition) is 1. The number of pyridine rings is 1. The van der Waals surface area contributed by atoms with Crippen molar-refractivity contribution in [3.8, 4) is 6.07 Å². The molecule has 0 atom stereocenters. The van der Waals surface area contributed by atoms with Gasteiger partial charge in [-0.25, -0.2) is 0 Å². The van der Waals surface area contributed by atoms with Crippen LogP contribution in [0.2, 0.25) is 0 Å². The normalized spacial score (nSPS) is 17.0. The SMILES string of the molecule is N#CC1(CNCCc2ccccn2)CC1. The third kappa shape index (κ3) is 2.77. The molecule has 0 spiro atoms. The molecule has 2 rings (SSSR count). The highest BCUT2D eigenvalue weighted by atomic mass is 14.9. The minimum Gasteiger partial charge on any atom is -0.315 e. The Morgan fingerprint density at radius 3 is 2.93 bits per heavy atom. The molecule has 0 aliphatic heterocycles. The fourth-order valence-electron chi connectivity index (χ4n) is 1.57. The lowest BCUT2D eigenvalue weighted by Gasteiger charge is -2.07. The maximum absolute atomic E-state index is 8.87. The summed E-state index contributed by atoms with van der Waals surface area (Å²) in [6.07, 6.45) is 4.86. The molecule has 3 nitrogen and oxygen atoms in total. The lowest BCUT2D eigenvalue weighted by atomic mass is 10.1. The van der Waals surface area contributed by atoms with E-state index in [4.69, 9.17) is 5.26 Å². The average molecular weight is 201 g/mol. The molecule has 1 heterocycles. The first kappa shape index (κ1) is 10.1. The number of aromatic nitrogens is 1. The molecular formula is C12H15N3. The zero-order valence-electron chi connectivity index (χ0n) is 8.74. The fraction of sp³-hybridized carbons (Fsp3) is 0.500. The predicted octanol–water partition coefficient (Wildman–Crippen LogP) is 1.52. The van der Waals surface area contributed by atoms with E-state index in [9.17, 15) is 0 Å². The van der Waals surface area contributed by atoms with Gasteiger partial charge in [0.25, 0.3) is 0 Å². The van der Waals surface area contributed by atoms with Gasteiger partial charge in [-0.15, -0.1) is 0 Å². The third-order valence-electron chi connectivity index (χ3n) is 2.84. The van der Waals surface area contributed by atoms with E-state index in [1.165, 1.54) is 0 Å².